The largest absolute Gasteiger partial charge is 0.369 e. The Hall–Kier alpha value is -1.02. The number of hydrogen-bond acceptors (Lipinski definition) is 2. The average molecular weight is 232 g/mol. The van der Waals surface area contributed by atoms with Crippen LogP contribution < -0.4 is 10.2 Å². The van der Waals surface area contributed by atoms with Crippen LogP contribution in [-0.2, 0) is 6.42 Å². The highest BCUT2D eigenvalue weighted by atomic mass is 15.2. The standard InChI is InChI=1S/C15H24N2/c1-4-13-6-5-7-15(11-13)17-9-8-14(16-3)10-12(17)2/h5-7,11-12,14,16H,4,8-10H2,1-3H3. The van der Waals surface area contributed by atoms with Gasteiger partial charge in [-0.1, -0.05) is 19.1 Å². The van der Waals surface area contributed by atoms with E-state index in [1.165, 1.54) is 30.6 Å². The summed E-state index contributed by atoms with van der Waals surface area (Å²) in [5, 5.41) is 3.40. The molecule has 0 radical (unpaired) electrons. The Kier molecular flexibility index (Phi) is 4.06. The van der Waals surface area contributed by atoms with Crippen molar-refractivity contribution in [3.05, 3.63) is 29.8 Å². The number of hydrogen-bond donors (Lipinski definition) is 1. The van der Waals surface area contributed by atoms with Gasteiger partial charge >= 0.3 is 0 Å². The van der Waals surface area contributed by atoms with Crippen LogP contribution in [0.2, 0.25) is 0 Å². The van der Waals surface area contributed by atoms with E-state index in [4.69, 9.17) is 0 Å². The van der Waals surface area contributed by atoms with Gasteiger partial charge in [0.25, 0.3) is 0 Å². The van der Waals surface area contributed by atoms with E-state index in [9.17, 15) is 0 Å². The Bertz CT molecular complexity index is 362. The summed E-state index contributed by atoms with van der Waals surface area (Å²) in [5.41, 5.74) is 2.83. The van der Waals surface area contributed by atoms with Gasteiger partial charge in [0.15, 0.2) is 0 Å². The molecule has 1 aliphatic rings. The maximum absolute atomic E-state index is 3.40. The fraction of sp³-hybridized carbons (Fsp3) is 0.600. The summed E-state index contributed by atoms with van der Waals surface area (Å²) in [6, 6.07) is 10.3. The molecule has 1 N–H and O–H groups in total. The molecule has 1 aliphatic heterocycles. The van der Waals surface area contributed by atoms with E-state index < -0.39 is 0 Å². The van der Waals surface area contributed by atoms with Crippen molar-refractivity contribution >= 4 is 5.69 Å². The topological polar surface area (TPSA) is 15.3 Å². The molecule has 0 saturated carbocycles. The minimum Gasteiger partial charge on any atom is -0.369 e. The Labute approximate surface area is 105 Å². The second-order valence-corrected chi connectivity index (χ2v) is 5.08. The van der Waals surface area contributed by atoms with Gasteiger partial charge in [-0.25, -0.2) is 0 Å². The molecule has 0 aliphatic carbocycles. The molecule has 1 aromatic carbocycles. The molecule has 0 aromatic heterocycles. The third-order valence-electron chi connectivity index (χ3n) is 3.93. The fourth-order valence-corrected chi connectivity index (χ4v) is 2.77. The monoisotopic (exact) mass is 232 g/mol. The fourth-order valence-electron chi connectivity index (χ4n) is 2.77. The Morgan fingerprint density at radius 1 is 1.41 bits per heavy atom. The number of aryl methyl sites for hydroxylation is 1. The van der Waals surface area contributed by atoms with Crippen LogP contribution in [-0.4, -0.2) is 25.7 Å². The van der Waals surface area contributed by atoms with Crippen molar-refractivity contribution in [2.75, 3.05) is 18.5 Å². The Morgan fingerprint density at radius 2 is 2.24 bits per heavy atom. The summed E-state index contributed by atoms with van der Waals surface area (Å²) in [7, 11) is 2.07. The molecule has 1 fully saturated rings. The second kappa shape index (κ2) is 5.54. The smallest absolute Gasteiger partial charge is 0.0371 e. The molecule has 0 spiro atoms. The van der Waals surface area contributed by atoms with Gasteiger partial charge in [0, 0.05) is 24.3 Å². The molecule has 17 heavy (non-hydrogen) atoms. The number of anilines is 1. The van der Waals surface area contributed by atoms with Crippen LogP contribution >= 0.6 is 0 Å². The molecule has 2 nitrogen and oxygen atoms in total. The number of nitrogens with zero attached hydrogens (tertiary/aromatic N) is 1. The van der Waals surface area contributed by atoms with Crippen LogP contribution in [0, 0.1) is 0 Å². The normalized spacial score (nSPS) is 25.0. The number of benzene rings is 1. The summed E-state index contributed by atoms with van der Waals surface area (Å²) in [5.74, 6) is 0. The van der Waals surface area contributed by atoms with Crippen molar-refractivity contribution in [3.8, 4) is 0 Å². The summed E-state index contributed by atoms with van der Waals surface area (Å²) >= 11 is 0. The zero-order valence-corrected chi connectivity index (χ0v) is 11.2. The van der Waals surface area contributed by atoms with Crippen molar-refractivity contribution < 1.29 is 0 Å². The first-order valence-corrected chi connectivity index (χ1v) is 6.77. The van der Waals surface area contributed by atoms with Crippen molar-refractivity contribution in [1.82, 2.24) is 5.32 Å². The van der Waals surface area contributed by atoms with Crippen LogP contribution in [0.15, 0.2) is 24.3 Å². The highest BCUT2D eigenvalue weighted by Gasteiger charge is 2.24. The minimum atomic E-state index is 0.633. The molecule has 1 heterocycles. The van der Waals surface area contributed by atoms with Crippen LogP contribution in [0.1, 0.15) is 32.3 Å². The molecule has 0 amide bonds. The molecular formula is C15H24N2. The summed E-state index contributed by atoms with van der Waals surface area (Å²) in [6.45, 7) is 5.72. The third-order valence-corrected chi connectivity index (χ3v) is 3.93. The molecule has 2 rings (SSSR count). The van der Waals surface area contributed by atoms with Gasteiger partial charge in [-0.15, -0.1) is 0 Å². The van der Waals surface area contributed by atoms with E-state index in [0.29, 0.717) is 12.1 Å². The van der Waals surface area contributed by atoms with Gasteiger partial charge in [-0.3, -0.25) is 0 Å². The maximum atomic E-state index is 3.40. The quantitative estimate of drug-likeness (QED) is 0.862. The van der Waals surface area contributed by atoms with Crippen molar-refractivity contribution in [2.45, 2.75) is 45.2 Å². The first-order valence-electron chi connectivity index (χ1n) is 6.77. The van der Waals surface area contributed by atoms with Gasteiger partial charge in [-0.2, -0.15) is 0 Å². The predicted octanol–water partition coefficient (Wildman–Crippen LogP) is 2.83. The summed E-state index contributed by atoms with van der Waals surface area (Å²) in [6.07, 6.45) is 3.61. The molecular weight excluding hydrogens is 208 g/mol. The van der Waals surface area contributed by atoms with E-state index in [-0.39, 0.29) is 0 Å². The molecule has 94 valence electrons. The molecule has 1 aromatic rings. The van der Waals surface area contributed by atoms with Gasteiger partial charge in [0.1, 0.15) is 0 Å². The highest BCUT2D eigenvalue weighted by Crippen LogP contribution is 2.25. The number of nitrogens with one attached hydrogen (secondary N) is 1. The van der Waals surface area contributed by atoms with E-state index >= 15 is 0 Å². The van der Waals surface area contributed by atoms with E-state index in [0.717, 1.165) is 6.42 Å². The molecule has 2 unspecified atom stereocenters. The van der Waals surface area contributed by atoms with E-state index in [1.54, 1.807) is 0 Å². The minimum absolute atomic E-state index is 0.633. The first-order chi connectivity index (χ1) is 8.24. The van der Waals surface area contributed by atoms with Crippen molar-refractivity contribution in [2.24, 2.45) is 0 Å². The lowest BCUT2D eigenvalue weighted by Crippen LogP contribution is -2.46. The average Bonchev–Trinajstić information content (AvgIpc) is 2.38. The lowest BCUT2D eigenvalue weighted by Gasteiger charge is -2.39. The predicted molar refractivity (Wildman–Crippen MR) is 74.7 cm³/mol. The lowest BCUT2D eigenvalue weighted by atomic mass is 9.97. The van der Waals surface area contributed by atoms with Crippen molar-refractivity contribution in [1.29, 1.82) is 0 Å². The lowest BCUT2D eigenvalue weighted by molar-refractivity contribution is 0.387. The van der Waals surface area contributed by atoms with Crippen molar-refractivity contribution in [3.63, 3.8) is 0 Å². The first kappa shape index (κ1) is 12.4. The zero-order chi connectivity index (χ0) is 12.3. The zero-order valence-electron chi connectivity index (χ0n) is 11.2. The van der Waals surface area contributed by atoms with E-state index in [1.807, 2.05) is 0 Å². The van der Waals surface area contributed by atoms with Crippen LogP contribution in [0.3, 0.4) is 0 Å². The summed E-state index contributed by atoms with van der Waals surface area (Å²) < 4.78 is 0. The molecule has 2 heteroatoms. The molecule has 0 bridgehead atoms. The van der Waals surface area contributed by atoms with Gasteiger partial charge in [-0.05, 0) is 50.9 Å². The number of piperidine rings is 1. The number of rotatable bonds is 3. The third kappa shape index (κ3) is 2.81. The maximum Gasteiger partial charge on any atom is 0.0371 e. The van der Waals surface area contributed by atoms with Crippen LogP contribution in [0.4, 0.5) is 5.69 Å². The van der Waals surface area contributed by atoms with E-state index in [2.05, 4.69) is 55.4 Å². The summed E-state index contributed by atoms with van der Waals surface area (Å²) in [4.78, 5) is 2.55. The Morgan fingerprint density at radius 3 is 2.88 bits per heavy atom. The van der Waals surface area contributed by atoms with Crippen LogP contribution in [0.5, 0.6) is 0 Å². The van der Waals surface area contributed by atoms with Gasteiger partial charge in [0.05, 0.1) is 0 Å². The van der Waals surface area contributed by atoms with Gasteiger partial charge < -0.3 is 10.2 Å². The Balaban J connectivity index is 2.11. The molecule has 2 atom stereocenters. The van der Waals surface area contributed by atoms with Gasteiger partial charge in [0.2, 0.25) is 0 Å². The second-order valence-electron chi connectivity index (χ2n) is 5.08. The highest BCUT2D eigenvalue weighted by molar-refractivity contribution is 5.50. The SMILES string of the molecule is CCc1cccc(N2CCC(NC)CC2C)c1. The molecule has 1 saturated heterocycles. The van der Waals surface area contributed by atoms with Crippen LogP contribution in [0.25, 0.3) is 0 Å².